The maximum atomic E-state index is 13.4. The Morgan fingerprint density at radius 2 is 1.20 bits per heavy atom. The fourth-order valence-electron chi connectivity index (χ4n) is 3.81. The predicted octanol–water partition coefficient (Wildman–Crippen LogP) is 9.34. The van der Waals surface area contributed by atoms with Crippen molar-refractivity contribution in [2.45, 2.75) is 58.3 Å². The lowest BCUT2D eigenvalue weighted by Crippen LogP contribution is -2.32. The summed E-state index contributed by atoms with van der Waals surface area (Å²) in [7, 11) is -3.92. The number of non-ortho nitro benzene ring substituents is 1. The van der Waals surface area contributed by atoms with E-state index in [-0.39, 0.29) is 30.4 Å². The smallest absolute Gasteiger partial charge is 0.405 e. The molecule has 2 aromatic carbocycles. The van der Waals surface area contributed by atoms with Crippen LogP contribution in [-0.4, -0.2) is 23.9 Å². The number of allylic oxidation sites excluding steroid dienone is 12. The number of amides is 1. The number of nitrogens with zero attached hydrogens (tertiary/aromatic N) is 1. The number of carbonyl (C=O) groups is 1. The van der Waals surface area contributed by atoms with Gasteiger partial charge >= 0.3 is 7.75 Å². The number of hydrogen-bond donors (Lipinski definition) is 2. The highest BCUT2D eigenvalue weighted by Crippen LogP contribution is 2.44. The van der Waals surface area contributed by atoms with Gasteiger partial charge in [0.05, 0.1) is 4.92 Å². The third kappa shape index (κ3) is 18.4. The topological polar surface area (TPSA) is 120 Å². The van der Waals surface area contributed by atoms with E-state index in [0.29, 0.717) is 18.6 Å². The lowest BCUT2D eigenvalue weighted by Gasteiger charge is -2.20. The van der Waals surface area contributed by atoms with Gasteiger partial charge in [0.15, 0.2) is 0 Å². The minimum Gasteiger partial charge on any atom is -0.405 e. The van der Waals surface area contributed by atoms with Crippen molar-refractivity contribution in [2.75, 3.05) is 13.1 Å². The first-order valence-corrected chi connectivity index (χ1v) is 17.2. The summed E-state index contributed by atoms with van der Waals surface area (Å²) in [5.74, 6) is 0.329. The highest BCUT2D eigenvalue weighted by Gasteiger charge is 2.28. The molecule has 1 unspecified atom stereocenters. The molecule has 0 bridgehead atoms. The zero-order valence-corrected chi connectivity index (χ0v) is 27.4. The summed E-state index contributed by atoms with van der Waals surface area (Å²) in [6, 6.07) is 13.7. The van der Waals surface area contributed by atoms with E-state index in [4.69, 9.17) is 9.05 Å². The zero-order valence-electron chi connectivity index (χ0n) is 26.5. The average Bonchev–Trinajstić information content (AvgIpc) is 3.05. The van der Waals surface area contributed by atoms with Crippen LogP contribution in [0.1, 0.15) is 58.3 Å². The summed E-state index contributed by atoms with van der Waals surface area (Å²) >= 11 is 0. The number of carbonyl (C=O) groups excluding carboxylic acids is 1. The van der Waals surface area contributed by atoms with E-state index in [1.165, 1.54) is 24.3 Å². The molecule has 0 aliphatic rings. The van der Waals surface area contributed by atoms with Crippen molar-refractivity contribution in [3.05, 3.63) is 138 Å². The van der Waals surface area contributed by atoms with Crippen molar-refractivity contribution in [1.82, 2.24) is 10.4 Å². The molecule has 0 radical (unpaired) electrons. The van der Waals surface area contributed by atoms with Crippen LogP contribution in [0.15, 0.2) is 128 Å². The van der Waals surface area contributed by atoms with E-state index in [1.54, 1.807) is 30.3 Å². The van der Waals surface area contributed by atoms with Gasteiger partial charge in [0.1, 0.15) is 11.5 Å². The number of nitro groups is 1. The number of hydrogen-bond acceptors (Lipinski definition) is 6. The second-order valence-electron chi connectivity index (χ2n) is 9.96. The molecule has 1 amide bonds. The number of benzene rings is 2. The molecule has 0 heterocycles. The molecule has 0 aliphatic carbocycles. The minimum atomic E-state index is -3.92. The summed E-state index contributed by atoms with van der Waals surface area (Å²) in [5.41, 5.74) is -0.120. The van der Waals surface area contributed by atoms with Gasteiger partial charge in [-0.1, -0.05) is 98.0 Å². The van der Waals surface area contributed by atoms with Gasteiger partial charge in [0.25, 0.3) is 5.69 Å². The Labute approximate surface area is 273 Å². The monoisotopic (exact) mass is 647 g/mol. The van der Waals surface area contributed by atoms with Crippen LogP contribution < -0.4 is 19.5 Å². The lowest BCUT2D eigenvalue weighted by atomic mass is 10.2. The molecule has 0 saturated carbocycles. The van der Waals surface area contributed by atoms with Crippen LogP contribution in [0.2, 0.25) is 0 Å². The normalized spacial score (nSPS) is 13.4. The quantitative estimate of drug-likeness (QED) is 0.0405. The molecule has 1 atom stereocenters. The van der Waals surface area contributed by atoms with Crippen LogP contribution in [-0.2, 0) is 9.36 Å². The van der Waals surface area contributed by atoms with Crippen LogP contribution in [0, 0.1) is 10.1 Å². The first kappa shape index (κ1) is 37.7. The van der Waals surface area contributed by atoms with Crippen molar-refractivity contribution < 1.29 is 23.3 Å². The summed E-state index contributed by atoms with van der Waals surface area (Å²) < 4.78 is 24.6. The van der Waals surface area contributed by atoms with E-state index in [0.717, 1.165) is 38.5 Å². The molecule has 0 spiro atoms. The first-order valence-electron chi connectivity index (χ1n) is 15.6. The van der Waals surface area contributed by atoms with Gasteiger partial charge in [0, 0.05) is 31.6 Å². The van der Waals surface area contributed by atoms with E-state index in [1.807, 2.05) is 12.2 Å². The molecule has 2 rings (SSSR count). The van der Waals surface area contributed by atoms with Crippen LogP contribution in [0.5, 0.6) is 11.5 Å². The molecule has 0 aromatic heterocycles. The maximum Gasteiger partial charge on any atom is 0.512 e. The van der Waals surface area contributed by atoms with Gasteiger partial charge in [-0.25, -0.2) is 4.57 Å². The average molecular weight is 648 g/mol. The van der Waals surface area contributed by atoms with Gasteiger partial charge < -0.3 is 14.4 Å². The van der Waals surface area contributed by atoms with Crippen molar-refractivity contribution in [1.29, 1.82) is 0 Å². The van der Waals surface area contributed by atoms with Gasteiger partial charge in [-0.15, -0.1) is 0 Å². The molecule has 2 aromatic rings. The highest BCUT2D eigenvalue weighted by atomic mass is 31.2. The largest absolute Gasteiger partial charge is 0.512 e. The Morgan fingerprint density at radius 3 is 1.70 bits per heavy atom. The summed E-state index contributed by atoms with van der Waals surface area (Å²) in [5, 5.41) is 16.4. The molecular formula is C36H46N3O6P. The first-order chi connectivity index (χ1) is 22.4. The molecular weight excluding hydrogens is 601 g/mol. The van der Waals surface area contributed by atoms with Crippen molar-refractivity contribution in [3.8, 4) is 11.5 Å². The second kappa shape index (κ2) is 23.9. The van der Waals surface area contributed by atoms with Crippen LogP contribution in [0.3, 0.4) is 0 Å². The van der Waals surface area contributed by atoms with Gasteiger partial charge in [-0.2, -0.15) is 5.09 Å². The van der Waals surface area contributed by atoms with Crippen molar-refractivity contribution in [2.24, 2.45) is 0 Å². The third-order valence-electron chi connectivity index (χ3n) is 6.13. The van der Waals surface area contributed by atoms with Crippen LogP contribution in [0.25, 0.3) is 0 Å². The molecule has 0 saturated heterocycles. The Bertz CT molecular complexity index is 1380. The van der Waals surface area contributed by atoms with E-state index >= 15 is 0 Å². The van der Waals surface area contributed by atoms with E-state index < -0.39 is 12.7 Å². The highest BCUT2D eigenvalue weighted by molar-refractivity contribution is 7.52. The second-order valence-corrected chi connectivity index (χ2v) is 11.6. The third-order valence-corrected chi connectivity index (χ3v) is 7.64. The molecule has 0 fully saturated rings. The zero-order chi connectivity index (χ0) is 33.1. The van der Waals surface area contributed by atoms with Gasteiger partial charge in [-0.3, -0.25) is 14.9 Å². The summed E-state index contributed by atoms with van der Waals surface area (Å²) in [6.07, 6.45) is 32.3. The lowest BCUT2D eigenvalue weighted by molar-refractivity contribution is -0.384. The number of nitrogens with one attached hydrogen (secondary N) is 2. The summed E-state index contributed by atoms with van der Waals surface area (Å²) in [6.45, 7) is 2.46. The Morgan fingerprint density at radius 1 is 0.717 bits per heavy atom. The fourth-order valence-corrected chi connectivity index (χ4v) is 5.16. The molecule has 2 N–H and O–H groups in total. The van der Waals surface area contributed by atoms with Crippen molar-refractivity contribution >= 4 is 19.3 Å². The number of para-hydroxylation sites is 1. The standard InChI is InChI=1S/C36H46N3O6P/c1-2-3-4-5-6-7-8-9-10-11-12-13-14-15-16-17-18-19-23-26-36(40)37-31-32-38-46(43,44-34-24-21-20-22-25-34)45-35-29-27-33(28-30-35)39(41)42/h3-4,6-7,9-10,12-13,15-16,18-22,24-25,27-30H,2,5,8,11,14,17,23,26,31-32H2,1H3,(H,37,40)(H,38,43)/b4-3-,7-6-,10-9-,13-12-,16-15-,19-18-. The fraction of sp³-hybridized carbons (Fsp3) is 0.306. The Kier molecular flexibility index (Phi) is 19.6. The van der Waals surface area contributed by atoms with Gasteiger partial charge in [-0.05, 0) is 69.2 Å². The Hall–Kier alpha value is -4.46. The summed E-state index contributed by atoms with van der Waals surface area (Å²) in [4.78, 5) is 22.6. The minimum absolute atomic E-state index is 0.114. The van der Waals surface area contributed by atoms with Crippen LogP contribution in [0.4, 0.5) is 5.69 Å². The maximum absolute atomic E-state index is 13.4. The Balaban J connectivity index is 1.61. The van der Waals surface area contributed by atoms with Gasteiger partial charge in [0.2, 0.25) is 5.91 Å². The van der Waals surface area contributed by atoms with E-state index in [9.17, 15) is 19.5 Å². The van der Waals surface area contributed by atoms with Crippen LogP contribution >= 0.6 is 7.75 Å². The molecule has 46 heavy (non-hydrogen) atoms. The number of rotatable bonds is 23. The molecule has 246 valence electrons. The molecule has 10 heteroatoms. The molecule has 0 aliphatic heterocycles. The van der Waals surface area contributed by atoms with E-state index in [2.05, 4.69) is 78.1 Å². The van der Waals surface area contributed by atoms with Crippen molar-refractivity contribution in [3.63, 3.8) is 0 Å². The molecule has 9 nitrogen and oxygen atoms in total. The number of nitro benzene ring substituents is 1. The predicted molar refractivity (Wildman–Crippen MR) is 187 cm³/mol. The SMILES string of the molecule is CC/C=C\C/C=C\C/C=C\C/C=C\C/C=C\C/C=C\CCC(=O)NCCNP(=O)(Oc1ccccc1)Oc1ccc([N+](=O)[O-])cc1.